The van der Waals surface area contributed by atoms with Crippen molar-refractivity contribution in [3.8, 4) is 22.4 Å². The number of carbonyl (C=O) groups is 3. The summed E-state index contributed by atoms with van der Waals surface area (Å²) in [6.07, 6.45) is 4.37. The molecule has 3 aromatic carbocycles. The summed E-state index contributed by atoms with van der Waals surface area (Å²) in [5.41, 5.74) is 8.30. The van der Waals surface area contributed by atoms with Crippen molar-refractivity contribution in [1.82, 2.24) is 35.1 Å². The third-order valence-corrected chi connectivity index (χ3v) is 10.3. The molecule has 0 bridgehead atoms. The number of aromatic nitrogens is 4. The van der Waals surface area contributed by atoms with Gasteiger partial charge in [0.15, 0.2) is 5.79 Å². The second-order valence-electron chi connectivity index (χ2n) is 14.4. The number of hydrogen-bond donors (Lipinski definition) is 3. The van der Waals surface area contributed by atoms with E-state index >= 15 is 0 Å². The van der Waals surface area contributed by atoms with Gasteiger partial charge in [-0.05, 0) is 66.8 Å². The van der Waals surface area contributed by atoms with Gasteiger partial charge in [-0.25, -0.2) is 14.8 Å². The lowest BCUT2D eigenvalue weighted by Gasteiger charge is -2.30. The molecule has 0 spiro atoms. The summed E-state index contributed by atoms with van der Waals surface area (Å²) in [5, 5.41) is 4.59. The molecule has 0 unspecified atom stereocenters. The predicted molar refractivity (Wildman–Crippen MR) is 210 cm³/mol. The van der Waals surface area contributed by atoms with Crippen LogP contribution in [-0.2, 0) is 49.7 Å². The van der Waals surface area contributed by atoms with Gasteiger partial charge in [0.25, 0.3) is 0 Å². The van der Waals surface area contributed by atoms with Crippen molar-refractivity contribution in [1.29, 1.82) is 0 Å². The molecule has 13 nitrogen and oxygen atoms in total. The number of hydrogen-bond acceptors (Lipinski definition) is 8. The van der Waals surface area contributed by atoms with Gasteiger partial charge in [-0.15, -0.1) is 6.58 Å². The fourth-order valence-electron chi connectivity index (χ4n) is 7.62. The maximum Gasteiger partial charge on any atom is 0.407 e. The van der Waals surface area contributed by atoms with E-state index < -0.39 is 17.9 Å². The summed E-state index contributed by atoms with van der Waals surface area (Å²) < 4.78 is 16.3. The Kier molecular flexibility index (Phi) is 11.0. The molecule has 3 heterocycles. The van der Waals surface area contributed by atoms with Gasteiger partial charge in [-0.2, -0.15) is 0 Å². The zero-order valence-corrected chi connectivity index (χ0v) is 32.0. The van der Waals surface area contributed by atoms with Gasteiger partial charge in [0.2, 0.25) is 11.8 Å². The summed E-state index contributed by atoms with van der Waals surface area (Å²) >= 11 is 0. The number of fused-ring (bicyclic) bond motifs is 6. The molecular formula is C42H49N7O6. The maximum absolute atomic E-state index is 13.3. The Morgan fingerprint density at radius 1 is 0.964 bits per heavy atom. The summed E-state index contributed by atoms with van der Waals surface area (Å²) in [4.78, 5) is 58.6. The number of aryl methyl sites for hydroxylation is 2. The molecule has 3 amide bonds. The summed E-state index contributed by atoms with van der Waals surface area (Å²) in [6, 6.07) is 16.2. The van der Waals surface area contributed by atoms with E-state index in [1.54, 1.807) is 9.80 Å². The molecule has 2 aromatic heterocycles. The number of H-pyrrole nitrogens is 2. The van der Waals surface area contributed by atoms with Crippen LogP contribution in [0, 0.1) is 0 Å². The van der Waals surface area contributed by atoms with Crippen molar-refractivity contribution in [2.45, 2.75) is 77.8 Å². The number of amides is 3. The Morgan fingerprint density at radius 3 is 2.45 bits per heavy atom. The van der Waals surface area contributed by atoms with Gasteiger partial charge < -0.3 is 39.3 Å². The van der Waals surface area contributed by atoms with Crippen LogP contribution >= 0.6 is 0 Å². The number of alkyl carbamates (subject to hydrolysis) is 1. The molecule has 13 heteroatoms. The van der Waals surface area contributed by atoms with E-state index in [4.69, 9.17) is 19.4 Å². The van der Waals surface area contributed by atoms with Crippen LogP contribution in [0.5, 0.6) is 0 Å². The third kappa shape index (κ3) is 7.99. The highest BCUT2D eigenvalue weighted by molar-refractivity contribution is 6.05. The van der Waals surface area contributed by atoms with Gasteiger partial charge >= 0.3 is 6.09 Å². The fraction of sp³-hybridized carbons (Fsp3) is 0.405. The van der Waals surface area contributed by atoms with Crippen LogP contribution in [0.4, 0.5) is 4.79 Å². The SMILES string of the molecule is C=C[C@H](NC(=O)OC)C(=O)N(CCC)Cc1nc2c(ccc3cc(-c4ccc5c(c4)CCc4[nH]c(CN(CC6(C)OCCO6)C(=O)CCC)nc4-5)ccc32)[nH]1. The molecular weight excluding hydrogens is 699 g/mol. The number of nitrogens with zero attached hydrogens (tertiary/aromatic N) is 4. The number of benzene rings is 3. The van der Waals surface area contributed by atoms with Crippen molar-refractivity contribution < 1.29 is 28.6 Å². The molecule has 1 atom stereocenters. The predicted octanol–water partition coefficient (Wildman–Crippen LogP) is 6.41. The Bertz CT molecular complexity index is 2240. The largest absolute Gasteiger partial charge is 0.453 e. The quantitative estimate of drug-likeness (QED) is 0.110. The first-order valence-electron chi connectivity index (χ1n) is 19.1. The van der Waals surface area contributed by atoms with Crippen molar-refractivity contribution in [3.63, 3.8) is 0 Å². The first-order valence-corrected chi connectivity index (χ1v) is 19.1. The molecule has 1 aliphatic carbocycles. The summed E-state index contributed by atoms with van der Waals surface area (Å²) in [7, 11) is 1.25. The minimum Gasteiger partial charge on any atom is -0.453 e. The summed E-state index contributed by atoms with van der Waals surface area (Å²) in [5.74, 6) is 0.374. The third-order valence-electron chi connectivity index (χ3n) is 10.3. The maximum atomic E-state index is 13.3. The van der Waals surface area contributed by atoms with Crippen LogP contribution in [0.15, 0.2) is 61.2 Å². The molecule has 55 heavy (non-hydrogen) atoms. The number of carbonyl (C=O) groups excluding carboxylic acids is 3. The molecule has 2 aliphatic rings. The van der Waals surface area contributed by atoms with Crippen LogP contribution in [0.25, 0.3) is 44.2 Å². The lowest BCUT2D eigenvalue weighted by molar-refractivity contribution is -0.167. The highest BCUT2D eigenvalue weighted by Crippen LogP contribution is 2.36. The minimum atomic E-state index is -0.912. The number of rotatable bonds is 14. The number of aromatic amines is 2. The molecule has 7 rings (SSSR count). The van der Waals surface area contributed by atoms with E-state index in [9.17, 15) is 14.4 Å². The van der Waals surface area contributed by atoms with Gasteiger partial charge in [0.1, 0.15) is 17.7 Å². The molecule has 5 aromatic rings. The highest BCUT2D eigenvalue weighted by Gasteiger charge is 2.35. The highest BCUT2D eigenvalue weighted by atomic mass is 16.7. The minimum absolute atomic E-state index is 0.0602. The average Bonchev–Trinajstić information content (AvgIpc) is 3.93. The van der Waals surface area contributed by atoms with E-state index in [0.29, 0.717) is 45.1 Å². The standard InChI is InChI=1S/C42H49N7O6/c1-6-9-37(50)49(25-42(4)54-19-20-55-42)24-36-44-34-17-13-29-22-27(11-15-31(29)39(34)47-36)26-10-14-30-28(21-26)12-16-33-38(30)46-35(43-33)23-48(18-7-2)40(51)32(8-3)45-41(52)53-5/h8,10-12,14-16,21-22,32H,3,6-7,9,13,17-20,23-25H2,1-2,4-5H3,(H,43,46)(H,44,47)(H,45,52)/t32-/m0/s1. The van der Waals surface area contributed by atoms with E-state index in [1.807, 2.05) is 26.8 Å². The lowest BCUT2D eigenvalue weighted by Crippen LogP contribution is -2.47. The topological polar surface area (TPSA) is 155 Å². The van der Waals surface area contributed by atoms with Crippen LogP contribution in [-0.4, -0.2) is 92.9 Å². The van der Waals surface area contributed by atoms with Crippen LogP contribution in [0.2, 0.25) is 0 Å². The number of nitrogens with one attached hydrogen (secondary N) is 3. The Morgan fingerprint density at radius 2 is 1.71 bits per heavy atom. The molecule has 0 radical (unpaired) electrons. The van der Waals surface area contributed by atoms with E-state index in [1.165, 1.54) is 18.7 Å². The molecule has 3 N–H and O–H groups in total. The molecule has 1 fully saturated rings. The zero-order valence-electron chi connectivity index (χ0n) is 32.0. The van der Waals surface area contributed by atoms with Gasteiger partial charge in [-0.1, -0.05) is 56.3 Å². The smallest absolute Gasteiger partial charge is 0.407 e. The van der Waals surface area contributed by atoms with Crippen molar-refractivity contribution >= 4 is 39.7 Å². The van der Waals surface area contributed by atoms with E-state index in [2.05, 4.69) is 69.1 Å². The van der Waals surface area contributed by atoms with Crippen LogP contribution < -0.4 is 5.32 Å². The number of ether oxygens (including phenoxy) is 3. The van der Waals surface area contributed by atoms with Crippen molar-refractivity contribution in [3.05, 3.63) is 84.1 Å². The zero-order chi connectivity index (χ0) is 38.7. The Labute approximate surface area is 320 Å². The average molecular weight is 748 g/mol. The monoisotopic (exact) mass is 747 g/mol. The molecule has 0 saturated carbocycles. The van der Waals surface area contributed by atoms with Gasteiger partial charge in [0.05, 0.1) is 56.7 Å². The Balaban J connectivity index is 1.10. The first-order chi connectivity index (χ1) is 26.6. The van der Waals surface area contributed by atoms with E-state index in [0.717, 1.165) is 81.4 Å². The fourth-order valence-corrected chi connectivity index (χ4v) is 7.62. The lowest BCUT2D eigenvalue weighted by atomic mass is 9.89. The normalized spacial score (nSPS) is 15.0. The van der Waals surface area contributed by atoms with Crippen molar-refractivity contribution in [2.24, 2.45) is 0 Å². The molecule has 1 aliphatic heterocycles. The number of imidazole rings is 2. The number of methoxy groups -OCH3 is 1. The van der Waals surface area contributed by atoms with Crippen LogP contribution in [0.1, 0.15) is 62.9 Å². The van der Waals surface area contributed by atoms with Gasteiger partial charge in [-0.3, -0.25) is 9.59 Å². The second-order valence-corrected chi connectivity index (χ2v) is 14.4. The Hall–Kier alpha value is -5.53. The van der Waals surface area contributed by atoms with Crippen LogP contribution in [0.3, 0.4) is 0 Å². The van der Waals surface area contributed by atoms with Gasteiger partial charge in [0, 0.05) is 29.6 Å². The van der Waals surface area contributed by atoms with Crippen molar-refractivity contribution in [2.75, 3.05) is 33.4 Å². The molecule has 1 saturated heterocycles. The summed E-state index contributed by atoms with van der Waals surface area (Å²) in [6.45, 7) is 12.1. The molecule has 288 valence electrons. The first kappa shape index (κ1) is 37.8. The second kappa shape index (κ2) is 16.1. The van der Waals surface area contributed by atoms with E-state index in [-0.39, 0.29) is 18.4 Å².